The molecule has 26 heavy (non-hydrogen) atoms. The van der Waals surface area contributed by atoms with Gasteiger partial charge < -0.3 is 10.1 Å². The van der Waals surface area contributed by atoms with Crippen LogP contribution in [0, 0.1) is 0 Å². The molecule has 1 amide bonds. The van der Waals surface area contributed by atoms with Crippen LogP contribution in [0.3, 0.4) is 0 Å². The fraction of sp³-hybridized carbons (Fsp3) is 0.333. The number of H-pyrrole nitrogens is 1. The summed E-state index contributed by atoms with van der Waals surface area (Å²) in [6.07, 6.45) is 4.95. The maximum absolute atomic E-state index is 12.4. The van der Waals surface area contributed by atoms with E-state index in [2.05, 4.69) is 20.4 Å². The Kier molecular flexibility index (Phi) is 4.49. The normalized spacial score (nSPS) is 15.2. The minimum Gasteiger partial charge on any atom is -0.381 e. The quantitative estimate of drug-likeness (QED) is 0.735. The van der Waals surface area contributed by atoms with E-state index in [1.807, 2.05) is 6.07 Å². The van der Waals surface area contributed by atoms with Crippen LogP contribution in [-0.2, 0) is 11.3 Å². The van der Waals surface area contributed by atoms with E-state index in [1.54, 1.807) is 18.3 Å². The summed E-state index contributed by atoms with van der Waals surface area (Å²) in [4.78, 5) is 32.9. The van der Waals surface area contributed by atoms with Crippen molar-refractivity contribution >= 4 is 11.6 Å². The number of carbonyl (C=O) groups excluding carboxylic acids is 1. The number of aromatic nitrogens is 4. The molecular weight excluding hydrogens is 334 g/mol. The number of carbonyl (C=O) groups is 1. The molecule has 0 radical (unpaired) electrons. The molecule has 4 heterocycles. The van der Waals surface area contributed by atoms with Crippen LogP contribution in [0.15, 0.2) is 41.5 Å². The van der Waals surface area contributed by atoms with Gasteiger partial charge in [0.1, 0.15) is 0 Å². The summed E-state index contributed by atoms with van der Waals surface area (Å²) >= 11 is 0. The first-order chi connectivity index (χ1) is 12.7. The summed E-state index contributed by atoms with van der Waals surface area (Å²) in [7, 11) is 0. The van der Waals surface area contributed by atoms with Crippen molar-refractivity contribution in [1.29, 1.82) is 0 Å². The van der Waals surface area contributed by atoms with Gasteiger partial charge in [-0.15, -0.1) is 0 Å². The van der Waals surface area contributed by atoms with Gasteiger partial charge in [0.05, 0.1) is 17.8 Å². The van der Waals surface area contributed by atoms with E-state index in [4.69, 9.17) is 4.74 Å². The minimum absolute atomic E-state index is 0.178. The van der Waals surface area contributed by atoms with Gasteiger partial charge in [-0.3, -0.25) is 19.7 Å². The van der Waals surface area contributed by atoms with Crippen LogP contribution in [0.1, 0.15) is 40.5 Å². The van der Waals surface area contributed by atoms with E-state index >= 15 is 0 Å². The van der Waals surface area contributed by atoms with Gasteiger partial charge in [0, 0.05) is 49.4 Å². The Morgan fingerprint density at radius 2 is 2.19 bits per heavy atom. The molecule has 0 atom stereocenters. The van der Waals surface area contributed by atoms with E-state index in [1.165, 1.54) is 16.8 Å². The summed E-state index contributed by atoms with van der Waals surface area (Å²) in [5.74, 6) is 0.0932. The molecule has 3 aromatic heterocycles. The van der Waals surface area contributed by atoms with E-state index in [0.29, 0.717) is 22.8 Å². The Bertz CT molecular complexity index is 973. The van der Waals surface area contributed by atoms with Crippen LogP contribution >= 0.6 is 0 Å². The first kappa shape index (κ1) is 16.5. The first-order valence-electron chi connectivity index (χ1n) is 8.58. The first-order valence-corrected chi connectivity index (χ1v) is 8.58. The van der Waals surface area contributed by atoms with Gasteiger partial charge in [-0.05, 0) is 25.0 Å². The molecular formula is C18H19N5O3. The molecule has 2 N–H and O–H groups in total. The number of aromatic amines is 1. The maximum Gasteiger partial charge on any atom is 0.272 e. The van der Waals surface area contributed by atoms with Crippen LogP contribution < -0.4 is 10.9 Å². The molecule has 0 bridgehead atoms. The molecule has 0 aliphatic carbocycles. The highest BCUT2D eigenvalue weighted by Crippen LogP contribution is 2.25. The Hall–Kier alpha value is -3.00. The van der Waals surface area contributed by atoms with Gasteiger partial charge in [0.25, 0.3) is 11.5 Å². The highest BCUT2D eigenvalue weighted by molar-refractivity contribution is 5.93. The third kappa shape index (κ3) is 3.36. The second-order valence-electron chi connectivity index (χ2n) is 6.30. The zero-order valence-electron chi connectivity index (χ0n) is 14.1. The van der Waals surface area contributed by atoms with Gasteiger partial charge in [-0.2, -0.15) is 0 Å². The fourth-order valence-corrected chi connectivity index (χ4v) is 3.14. The average molecular weight is 353 g/mol. The number of hydrogen-bond acceptors (Lipinski definition) is 5. The lowest BCUT2D eigenvalue weighted by Crippen LogP contribution is -2.25. The van der Waals surface area contributed by atoms with Gasteiger partial charge in [0.2, 0.25) is 0 Å². The van der Waals surface area contributed by atoms with Crippen molar-refractivity contribution in [3.05, 3.63) is 64.0 Å². The molecule has 1 saturated heterocycles. The van der Waals surface area contributed by atoms with Gasteiger partial charge in [-0.25, -0.2) is 9.50 Å². The Labute approximate surface area is 149 Å². The lowest BCUT2D eigenvalue weighted by molar-refractivity contribution is 0.0844. The van der Waals surface area contributed by atoms with Crippen molar-refractivity contribution in [2.45, 2.75) is 25.3 Å². The molecule has 0 unspecified atom stereocenters. The van der Waals surface area contributed by atoms with E-state index in [0.717, 1.165) is 31.7 Å². The standard InChI is InChI=1S/C18H19N5O3/c24-17-8-14(11-20-18(25)13-2-1-5-19-10-13)21-16-9-15(22-23(16)17)12-3-6-26-7-4-12/h1-2,5,8-10,12,22H,3-4,6-7,11H2,(H,20,25). The molecule has 0 saturated carbocycles. The maximum atomic E-state index is 12.4. The highest BCUT2D eigenvalue weighted by Gasteiger charge is 2.19. The third-order valence-electron chi connectivity index (χ3n) is 4.54. The second kappa shape index (κ2) is 7.09. The summed E-state index contributed by atoms with van der Waals surface area (Å²) in [6.45, 7) is 1.64. The van der Waals surface area contributed by atoms with Crippen molar-refractivity contribution < 1.29 is 9.53 Å². The topological polar surface area (TPSA) is 101 Å². The molecule has 8 heteroatoms. The summed E-state index contributed by atoms with van der Waals surface area (Å²) in [6, 6.07) is 6.72. The van der Waals surface area contributed by atoms with Crippen molar-refractivity contribution in [2.75, 3.05) is 13.2 Å². The van der Waals surface area contributed by atoms with Crippen molar-refractivity contribution in [2.24, 2.45) is 0 Å². The number of fused-ring (bicyclic) bond motifs is 1. The molecule has 0 spiro atoms. The van der Waals surface area contributed by atoms with Crippen LogP contribution in [-0.4, -0.2) is 38.7 Å². The number of nitrogens with zero attached hydrogens (tertiary/aromatic N) is 3. The Balaban J connectivity index is 1.53. The Morgan fingerprint density at radius 1 is 1.35 bits per heavy atom. The summed E-state index contributed by atoms with van der Waals surface area (Å²) in [5.41, 5.74) is 2.34. The smallest absolute Gasteiger partial charge is 0.272 e. The zero-order chi connectivity index (χ0) is 17.9. The number of nitrogens with one attached hydrogen (secondary N) is 2. The molecule has 134 valence electrons. The van der Waals surface area contributed by atoms with Crippen LogP contribution in [0.4, 0.5) is 0 Å². The highest BCUT2D eigenvalue weighted by atomic mass is 16.5. The zero-order valence-corrected chi connectivity index (χ0v) is 14.1. The van der Waals surface area contributed by atoms with Crippen molar-refractivity contribution in [3.8, 4) is 0 Å². The van der Waals surface area contributed by atoms with E-state index in [-0.39, 0.29) is 18.0 Å². The number of ether oxygens (including phenoxy) is 1. The van der Waals surface area contributed by atoms with Gasteiger partial charge in [-0.1, -0.05) is 0 Å². The SMILES string of the molecule is O=C(NCc1cc(=O)n2[nH]c(C3CCOCC3)cc2n1)c1cccnc1. The van der Waals surface area contributed by atoms with Crippen LogP contribution in [0.5, 0.6) is 0 Å². The molecule has 1 aliphatic heterocycles. The lowest BCUT2D eigenvalue weighted by atomic mass is 9.97. The van der Waals surface area contributed by atoms with Crippen LogP contribution in [0.25, 0.3) is 5.65 Å². The molecule has 4 rings (SSSR count). The molecule has 1 aliphatic rings. The van der Waals surface area contributed by atoms with Crippen LogP contribution in [0.2, 0.25) is 0 Å². The molecule has 1 fully saturated rings. The summed E-state index contributed by atoms with van der Waals surface area (Å²) < 4.78 is 6.83. The van der Waals surface area contributed by atoms with Gasteiger partial charge in [0.15, 0.2) is 5.65 Å². The van der Waals surface area contributed by atoms with Gasteiger partial charge >= 0.3 is 0 Å². The predicted octanol–water partition coefficient (Wildman–Crippen LogP) is 1.24. The second-order valence-corrected chi connectivity index (χ2v) is 6.30. The number of pyridine rings is 1. The lowest BCUT2D eigenvalue weighted by Gasteiger charge is -2.20. The molecule has 3 aromatic rings. The predicted molar refractivity (Wildman–Crippen MR) is 94.0 cm³/mol. The third-order valence-corrected chi connectivity index (χ3v) is 4.54. The minimum atomic E-state index is -0.253. The average Bonchev–Trinajstić information content (AvgIpc) is 3.12. The number of rotatable bonds is 4. The number of amides is 1. The van der Waals surface area contributed by atoms with Crippen molar-refractivity contribution in [1.82, 2.24) is 24.9 Å². The van der Waals surface area contributed by atoms with E-state index < -0.39 is 0 Å². The number of hydrogen-bond donors (Lipinski definition) is 2. The van der Waals surface area contributed by atoms with Crippen molar-refractivity contribution in [3.63, 3.8) is 0 Å². The largest absolute Gasteiger partial charge is 0.381 e. The monoisotopic (exact) mass is 353 g/mol. The molecule has 8 nitrogen and oxygen atoms in total. The molecule has 0 aromatic carbocycles. The Morgan fingerprint density at radius 3 is 2.96 bits per heavy atom. The van der Waals surface area contributed by atoms with E-state index in [9.17, 15) is 9.59 Å². The fourth-order valence-electron chi connectivity index (χ4n) is 3.14. The summed E-state index contributed by atoms with van der Waals surface area (Å²) in [5, 5.41) is 5.90.